The van der Waals surface area contributed by atoms with Crippen molar-refractivity contribution in [3.63, 3.8) is 0 Å². The minimum Gasteiger partial charge on any atom is -0.467 e. The van der Waals surface area contributed by atoms with Crippen LogP contribution in [0.3, 0.4) is 0 Å². The summed E-state index contributed by atoms with van der Waals surface area (Å²) < 4.78 is 46.3. The Morgan fingerprint density at radius 3 is 2.70 bits per heavy atom. The Morgan fingerprint density at radius 2 is 2.05 bits per heavy atom. The van der Waals surface area contributed by atoms with Gasteiger partial charge in [0.05, 0.1) is 0 Å². The highest BCUT2D eigenvalue weighted by atomic mass is 79.9. The second-order valence-electron chi connectivity index (χ2n) is 4.15. The van der Waals surface area contributed by atoms with Crippen molar-refractivity contribution in [3.05, 3.63) is 28.2 Å². The minimum absolute atomic E-state index is 0.429. The van der Waals surface area contributed by atoms with Crippen LogP contribution in [0.15, 0.2) is 22.7 Å². The smallest absolute Gasteiger partial charge is 0.411 e. The van der Waals surface area contributed by atoms with Crippen molar-refractivity contribution in [3.8, 4) is 5.75 Å². The van der Waals surface area contributed by atoms with Gasteiger partial charge in [-0.3, -0.25) is 0 Å². The van der Waals surface area contributed by atoms with E-state index in [1.807, 2.05) is 6.07 Å². The lowest BCUT2D eigenvalue weighted by Crippen LogP contribution is -2.19. The third kappa shape index (κ3) is 7.12. The maximum absolute atomic E-state index is 11.9. The van der Waals surface area contributed by atoms with Gasteiger partial charge in [-0.15, -0.1) is 0 Å². The molecule has 7 heteroatoms. The van der Waals surface area contributed by atoms with Crippen LogP contribution >= 0.6 is 15.9 Å². The molecule has 0 aromatic heterocycles. The van der Waals surface area contributed by atoms with Crippen molar-refractivity contribution in [1.82, 2.24) is 5.32 Å². The predicted molar refractivity (Wildman–Crippen MR) is 73.6 cm³/mol. The summed E-state index contributed by atoms with van der Waals surface area (Å²) in [6.45, 7) is 1.75. The van der Waals surface area contributed by atoms with E-state index in [-0.39, 0.29) is 0 Å². The lowest BCUT2D eigenvalue weighted by molar-refractivity contribution is -0.186. The molecule has 0 aliphatic heterocycles. The molecule has 0 unspecified atom stereocenters. The van der Waals surface area contributed by atoms with Gasteiger partial charge in [0.15, 0.2) is 6.79 Å². The third-order valence-electron chi connectivity index (χ3n) is 2.33. The topological polar surface area (TPSA) is 30.5 Å². The summed E-state index contributed by atoms with van der Waals surface area (Å²) in [5.74, 6) is 0.513. The van der Waals surface area contributed by atoms with Crippen LogP contribution in [0.4, 0.5) is 13.2 Å². The van der Waals surface area contributed by atoms with E-state index >= 15 is 0 Å². The number of benzene rings is 1. The van der Waals surface area contributed by atoms with Gasteiger partial charge >= 0.3 is 6.18 Å². The molecule has 3 nitrogen and oxygen atoms in total. The number of rotatable bonds is 8. The van der Waals surface area contributed by atoms with Gasteiger partial charge < -0.3 is 14.8 Å². The van der Waals surface area contributed by atoms with Gasteiger partial charge in [-0.1, -0.05) is 22.9 Å². The molecular formula is C13H17BrF3NO2. The zero-order chi connectivity index (χ0) is 15.0. The second kappa shape index (κ2) is 8.49. The van der Waals surface area contributed by atoms with Crippen molar-refractivity contribution in [1.29, 1.82) is 0 Å². The number of alkyl halides is 3. The van der Waals surface area contributed by atoms with Crippen LogP contribution in [0.5, 0.6) is 5.75 Å². The van der Waals surface area contributed by atoms with Crippen molar-refractivity contribution in [2.75, 3.05) is 19.9 Å². The van der Waals surface area contributed by atoms with E-state index in [0.29, 0.717) is 12.3 Å². The van der Waals surface area contributed by atoms with Crippen molar-refractivity contribution >= 4 is 15.9 Å². The molecule has 1 N–H and O–H groups in total. The molecule has 114 valence electrons. The largest absolute Gasteiger partial charge is 0.467 e. The summed E-state index contributed by atoms with van der Waals surface area (Å²) in [4.78, 5) is 0. The van der Waals surface area contributed by atoms with Gasteiger partial charge in [-0.05, 0) is 31.2 Å². The van der Waals surface area contributed by atoms with E-state index in [1.54, 1.807) is 12.1 Å². The Kier molecular flexibility index (Phi) is 7.32. The average Bonchev–Trinajstić information content (AvgIpc) is 2.36. The number of nitrogens with one attached hydrogen (secondary N) is 1. The molecule has 0 saturated carbocycles. The zero-order valence-electron chi connectivity index (χ0n) is 11.1. The fraction of sp³-hybridized carbons (Fsp3) is 0.538. The van der Waals surface area contributed by atoms with Crippen LogP contribution in [0, 0.1) is 0 Å². The van der Waals surface area contributed by atoms with E-state index < -0.39 is 19.6 Å². The van der Waals surface area contributed by atoms with Crippen LogP contribution < -0.4 is 10.1 Å². The first-order valence-corrected chi connectivity index (χ1v) is 6.98. The summed E-state index contributed by atoms with van der Waals surface area (Å²) in [6, 6.07) is 5.33. The van der Waals surface area contributed by atoms with Crippen LogP contribution in [0.25, 0.3) is 0 Å². The molecule has 0 aliphatic rings. The molecule has 0 amide bonds. The summed E-state index contributed by atoms with van der Waals surface area (Å²) in [6.07, 6.45) is -3.34. The number of hydrogen-bond donors (Lipinski definition) is 1. The Balaban J connectivity index is 2.51. The van der Waals surface area contributed by atoms with E-state index in [0.717, 1.165) is 23.0 Å². The molecule has 0 spiro atoms. The maximum atomic E-state index is 11.9. The van der Waals surface area contributed by atoms with Gasteiger partial charge in [0.2, 0.25) is 0 Å². The van der Waals surface area contributed by atoms with E-state index in [1.165, 1.54) is 0 Å². The lowest BCUT2D eigenvalue weighted by Gasteiger charge is -2.13. The van der Waals surface area contributed by atoms with Crippen LogP contribution in [-0.4, -0.2) is 26.1 Å². The van der Waals surface area contributed by atoms with Crippen molar-refractivity contribution in [2.24, 2.45) is 0 Å². The zero-order valence-corrected chi connectivity index (χ0v) is 12.7. The van der Waals surface area contributed by atoms with Gasteiger partial charge in [0.1, 0.15) is 12.4 Å². The Morgan fingerprint density at radius 1 is 1.30 bits per heavy atom. The molecule has 0 saturated heterocycles. The summed E-state index contributed by atoms with van der Waals surface area (Å²) in [5.41, 5.74) is 0.864. The lowest BCUT2D eigenvalue weighted by atomic mass is 10.2. The monoisotopic (exact) mass is 355 g/mol. The van der Waals surface area contributed by atoms with Crippen molar-refractivity contribution in [2.45, 2.75) is 26.1 Å². The Hall–Kier alpha value is -0.790. The molecule has 0 bridgehead atoms. The molecule has 1 aromatic carbocycles. The minimum atomic E-state index is -4.34. The second-order valence-corrected chi connectivity index (χ2v) is 5.07. The quantitative estimate of drug-likeness (QED) is 0.567. The van der Waals surface area contributed by atoms with E-state index in [9.17, 15) is 13.2 Å². The molecule has 20 heavy (non-hydrogen) atoms. The molecule has 1 rings (SSSR count). The van der Waals surface area contributed by atoms with E-state index in [4.69, 9.17) is 4.74 Å². The fourth-order valence-corrected chi connectivity index (χ4v) is 1.90. The number of hydrogen-bond acceptors (Lipinski definition) is 3. The van der Waals surface area contributed by atoms with Crippen molar-refractivity contribution < 1.29 is 22.6 Å². The molecule has 0 aliphatic carbocycles. The van der Waals surface area contributed by atoms with Crippen LogP contribution in [-0.2, 0) is 11.3 Å². The molecule has 0 heterocycles. The first kappa shape index (κ1) is 17.3. The molecule has 0 fully saturated rings. The summed E-state index contributed by atoms with van der Waals surface area (Å²) >= 11 is 3.35. The van der Waals surface area contributed by atoms with Crippen LogP contribution in [0.2, 0.25) is 0 Å². The number of ether oxygens (including phenoxy) is 2. The highest BCUT2D eigenvalue weighted by Crippen LogP contribution is 2.23. The van der Waals surface area contributed by atoms with Gasteiger partial charge in [0, 0.05) is 16.6 Å². The Bertz CT molecular complexity index is 413. The number of halogens is 4. The van der Waals surface area contributed by atoms with Gasteiger partial charge in [-0.25, -0.2) is 0 Å². The standard InChI is InChI=1S/C13H17BrF3NO2/c1-2-5-18-7-10-6-11(14)3-4-12(10)20-9-19-8-13(15,16)17/h3-4,6,18H,2,5,7-9H2,1H3. The SMILES string of the molecule is CCCNCc1cc(Br)ccc1OCOCC(F)(F)F. The van der Waals surface area contributed by atoms with Crippen LogP contribution in [0.1, 0.15) is 18.9 Å². The summed E-state index contributed by atoms with van der Waals surface area (Å²) in [7, 11) is 0. The first-order valence-electron chi connectivity index (χ1n) is 6.19. The van der Waals surface area contributed by atoms with Gasteiger partial charge in [-0.2, -0.15) is 13.2 Å². The van der Waals surface area contributed by atoms with Gasteiger partial charge in [0.25, 0.3) is 0 Å². The highest BCUT2D eigenvalue weighted by Gasteiger charge is 2.27. The molecule has 0 radical (unpaired) electrons. The maximum Gasteiger partial charge on any atom is 0.411 e. The molecule has 0 atom stereocenters. The third-order valence-corrected chi connectivity index (χ3v) is 2.82. The Labute approximate surface area is 124 Å². The predicted octanol–water partition coefficient (Wildman–Crippen LogP) is 3.86. The molecule has 1 aromatic rings. The average molecular weight is 356 g/mol. The first-order chi connectivity index (χ1) is 9.42. The normalized spacial score (nSPS) is 11.7. The molecular weight excluding hydrogens is 339 g/mol. The summed E-state index contributed by atoms with van der Waals surface area (Å²) in [5, 5.41) is 3.21. The highest BCUT2D eigenvalue weighted by molar-refractivity contribution is 9.10. The van der Waals surface area contributed by atoms with E-state index in [2.05, 4.69) is 32.9 Å². The fourth-order valence-electron chi connectivity index (χ4n) is 1.49.